The van der Waals surface area contributed by atoms with Gasteiger partial charge in [0.25, 0.3) is 0 Å². The summed E-state index contributed by atoms with van der Waals surface area (Å²) in [4.78, 5) is 22.1. The van der Waals surface area contributed by atoms with Crippen molar-refractivity contribution in [3.05, 3.63) is 42.0 Å². The molecule has 0 saturated heterocycles. The second-order valence-corrected chi connectivity index (χ2v) is 3.00. The van der Waals surface area contributed by atoms with Gasteiger partial charge in [-0.05, 0) is 12.1 Å². The van der Waals surface area contributed by atoms with Crippen LogP contribution in [0.2, 0.25) is 0 Å². The third-order valence-electron chi connectivity index (χ3n) is 1.91. The van der Waals surface area contributed by atoms with E-state index in [4.69, 9.17) is 0 Å². The van der Waals surface area contributed by atoms with Crippen molar-refractivity contribution in [3.63, 3.8) is 0 Å². The minimum absolute atomic E-state index is 0.322. The number of methoxy groups -OCH3 is 1. The summed E-state index contributed by atoms with van der Waals surface area (Å²) in [6, 6.07) is 1.35. The van der Waals surface area contributed by atoms with Crippen molar-refractivity contribution < 1.29 is 23.1 Å². The van der Waals surface area contributed by atoms with Crippen molar-refractivity contribution in [1.29, 1.82) is 0 Å². The second kappa shape index (κ2) is 5.20. The molecule has 17 heavy (non-hydrogen) atoms. The predicted molar refractivity (Wildman–Crippen MR) is 56.5 cm³/mol. The molecule has 4 nitrogen and oxygen atoms in total. The van der Waals surface area contributed by atoms with E-state index in [9.17, 15) is 18.4 Å². The number of rotatable bonds is 3. The summed E-state index contributed by atoms with van der Waals surface area (Å²) >= 11 is 0. The Morgan fingerprint density at radius 3 is 2.53 bits per heavy atom. The Morgan fingerprint density at radius 2 is 2.00 bits per heavy atom. The van der Waals surface area contributed by atoms with Crippen LogP contribution in [0.15, 0.2) is 24.8 Å². The zero-order valence-corrected chi connectivity index (χ0v) is 8.92. The quantitative estimate of drug-likeness (QED) is 0.649. The number of hydrogen-bond acceptors (Lipinski definition) is 3. The van der Waals surface area contributed by atoms with Crippen molar-refractivity contribution in [2.45, 2.75) is 0 Å². The zero-order valence-electron chi connectivity index (χ0n) is 8.92. The first-order valence-corrected chi connectivity index (χ1v) is 4.50. The highest BCUT2D eigenvalue weighted by atomic mass is 19.1. The molecule has 1 aromatic rings. The highest BCUT2D eigenvalue weighted by molar-refractivity contribution is 6.00. The molecule has 6 heteroatoms. The summed E-state index contributed by atoms with van der Waals surface area (Å²) in [5, 5.41) is 2.10. The lowest BCUT2D eigenvalue weighted by Crippen LogP contribution is -2.12. The molecule has 1 aromatic carbocycles. The van der Waals surface area contributed by atoms with E-state index in [1.165, 1.54) is 0 Å². The molecule has 0 fully saturated rings. The summed E-state index contributed by atoms with van der Waals surface area (Å²) in [6.45, 7) is 3.18. The summed E-state index contributed by atoms with van der Waals surface area (Å²) in [7, 11) is 1.06. The van der Waals surface area contributed by atoms with Crippen molar-refractivity contribution in [2.75, 3.05) is 12.4 Å². The molecular weight excluding hydrogens is 232 g/mol. The van der Waals surface area contributed by atoms with E-state index >= 15 is 0 Å². The molecule has 0 bridgehead atoms. The van der Waals surface area contributed by atoms with Gasteiger partial charge in [0.05, 0.1) is 18.4 Å². The van der Waals surface area contributed by atoms with Crippen molar-refractivity contribution in [1.82, 2.24) is 0 Å². The summed E-state index contributed by atoms with van der Waals surface area (Å²) in [6.07, 6.45) is 0.917. The average molecular weight is 241 g/mol. The lowest BCUT2D eigenvalue weighted by atomic mass is 10.1. The van der Waals surface area contributed by atoms with E-state index in [-0.39, 0.29) is 5.69 Å². The number of carbonyl (C=O) groups excluding carboxylic acids is 2. The minimum Gasteiger partial charge on any atom is -0.465 e. The molecule has 0 radical (unpaired) electrons. The fourth-order valence-electron chi connectivity index (χ4n) is 1.09. The first kappa shape index (κ1) is 12.8. The lowest BCUT2D eigenvalue weighted by molar-refractivity contribution is -0.111. The van der Waals surface area contributed by atoms with Crippen LogP contribution in [0, 0.1) is 11.6 Å². The van der Waals surface area contributed by atoms with Crippen LogP contribution in [0.4, 0.5) is 14.5 Å². The van der Waals surface area contributed by atoms with Crippen LogP contribution in [0.1, 0.15) is 10.4 Å². The Balaban J connectivity index is 3.18. The smallest absolute Gasteiger partial charge is 0.340 e. The number of hydrogen-bond donors (Lipinski definition) is 1. The fraction of sp³-hybridized carbons (Fsp3) is 0.0909. The van der Waals surface area contributed by atoms with Crippen molar-refractivity contribution in [3.8, 4) is 0 Å². The van der Waals surface area contributed by atoms with Gasteiger partial charge in [0, 0.05) is 6.07 Å². The third-order valence-corrected chi connectivity index (χ3v) is 1.91. The summed E-state index contributed by atoms with van der Waals surface area (Å²) in [5.74, 6) is -3.70. The van der Waals surface area contributed by atoms with E-state index in [0.29, 0.717) is 6.07 Å². The Kier molecular flexibility index (Phi) is 3.92. The number of benzene rings is 1. The highest BCUT2D eigenvalue weighted by Gasteiger charge is 2.17. The van der Waals surface area contributed by atoms with Crippen molar-refractivity contribution in [2.24, 2.45) is 0 Å². The zero-order chi connectivity index (χ0) is 13.0. The Morgan fingerprint density at radius 1 is 1.35 bits per heavy atom. The summed E-state index contributed by atoms with van der Waals surface area (Å²) in [5.41, 5.74) is -0.787. The van der Waals surface area contributed by atoms with E-state index in [0.717, 1.165) is 19.3 Å². The maximum absolute atomic E-state index is 13.3. The summed E-state index contributed by atoms with van der Waals surface area (Å²) < 4.78 is 30.8. The number of esters is 1. The number of ether oxygens (including phenoxy) is 1. The normalized spacial score (nSPS) is 9.59. The molecular formula is C11H9F2NO3. The van der Waals surface area contributed by atoms with Crippen LogP contribution in [0.3, 0.4) is 0 Å². The number of halogens is 2. The predicted octanol–water partition coefficient (Wildman–Crippen LogP) is 1.88. The first-order chi connectivity index (χ1) is 7.99. The van der Waals surface area contributed by atoms with Crippen LogP contribution in [-0.4, -0.2) is 19.0 Å². The number of anilines is 1. The Hall–Kier alpha value is -2.24. The highest BCUT2D eigenvalue weighted by Crippen LogP contribution is 2.20. The van der Waals surface area contributed by atoms with Crippen LogP contribution < -0.4 is 5.32 Å². The van der Waals surface area contributed by atoms with Gasteiger partial charge >= 0.3 is 5.97 Å². The van der Waals surface area contributed by atoms with Crippen molar-refractivity contribution >= 4 is 17.6 Å². The third kappa shape index (κ3) is 2.87. The largest absolute Gasteiger partial charge is 0.465 e. The molecule has 0 aliphatic rings. The second-order valence-electron chi connectivity index (χ2n) is 3.00. The van der Waals surface area contributed by atoms with Gasteiger partial charge in [-0.3, -0.25) is 4.79 Å². The van der Waals surface area contributed by atoms with Crippen LogP contribution in [-0.2, 0) is 9.53 Å². The molecule has 0 aliphatic carbocycles. The Labute approximate surface area is 95.9 Å². The molecule has 0 saturated carbocycles. The molecule has 0 atom stereocenters. The number of amides is 1. The maximum Gasteiger partial charge on any atom is 0.340 e. The average Bonchev–Trinajstić information content (AvgIpc) is 2.31. The molecule has 0 aliphatic heterocycles. The molecule has 90 valence electrons. The first-order valence-electron chi connectivity index (χ1n) is 4.50. The Bertz CT molecular complexity index is 486. The SMILES string of the molecule is C=CC(=O)Nc1cc(C(=O)OC)c(F)cc1F. The molecule has 0 aromatic heterocycles. The number of nitrogens with one attached hydrogen (secondary N) is 1. The molecule has 1 N–H and O–H groups in total. The molecule has 0 heterocycles. The van der Waals surface area contributed by atoms with E-state index in [1.54, 1.807) is 0 Å². The van der Waals surface area contributed by atoms with Crippen LogP contribution >= 0.6 is 0 Å². The van der Waals surface area contributed by atoms with Gasteiger partial charge in [0.1, 0.15) is 11.6 Å². The molecule has 0 unspecified atom stereocenters. The van der Waals surface area contributed by atoms with Gasteiger partial charge in [-0.25, -0.2) is 13.6 Å². The van der Waals surface area contributed by atoms with E-state index in [2.05, 4.69) is 16.6 Å². The van der Waals surface area contributed by atoms with E-state index < -0.39 is 29.1 Å². The topological polar surface area (TPSA) is 55.4 Å². The maximum atomic E-state index is 13.3. The van der Waals surface area contributed by atoms with Gasteiger partial charge in [0.15, 0.2) is 0 Å². The van der Waals surface area contributed by atoms with Gasteiger partial charge in [-0.15, -0.1) is 0 Å². The van der Waals surface area contributed by atoms with Gasteiger partial charge in [0.2, 0.25) is 5.91 Å². The minimum atomic E-state index is -1.06. The monoisotopic (exact) mass is 241 g/mol. The number of carbonyl (C=O) groups is 2. The molecule has 1 amide bonds. The van der Waals surface area contributed by atoms with Gasteiger partial charge in [-0.2, -0.15) is 0 Å². The lowest BCUT2D eigenvalue weighted by Gasteiger charge is -2.07. The fourth-order valence-corrected chi connectivity index (χ4v) is 1.09. The molecule has 1 rings (SSSR count). The standard InChI is InChI=1S/C11H9F2NO3/c1-3-10(15)14-9-4-6(11(16)17-2)7(12)5-8(9)13/h3-5H,1H2,2H3,(H,14,15). The van der Waals surface area contributed by atoms with Crippen LogP contribution in [0.25, 0.3) is 0 Å². The van der Waals surface area contributed by atoms with E-state index in [1.807, 2.05) is 0 Å². The van der Waals surface area contributed by atoms with Gasteiger partial charge in [-0.1, -0.05) is 6.58 Å². The van der Waals surface area contributed by atoms with Gasteiger partial charge < -0.3 is 10.1 Å². The van der Waals surface area contributed by atoms with Crippen LogP contribution in [0.5, 0.6) is 0 Å². The molecule has 0 spiro atoms.